The Kier molecular flexibility index (Phi) is 3.53. The molecule has 0 bridgehead atoms. The Balaban J connectivity index is 2.42. The second-order valence-corrected chi connectivity index (χ2v) is 5.66. The van der Waals surface area contributed by atoms with Gasteiger partial charge >= 0.3 is 11.7 Å². The lowest BCUT2D eigenvalue weighted by Gasteiger charge is -2.09. The smallest absolute Gasteiger partial charge is 0.348 e. The summed E-state index contributed by atoms with van der Waals surface area (Å²) in [6.45, 7) is 5.83. The van der Waals surface area contributed by atoms with Crippen molar-refractivity contribution in [1.29, 1.82) is 0 Å². The van der Waals surface area contributed by atoms with E-state index in [4.69, 9.17) is 5.11 Å². The third-order valence-corrected chi connectivity index (χ3v) is 3.99. The topological polar surface area (TPSA) is 72.2 Å². The number of rotatable bonds is 3. The van der Waals surface area contributed by atoms with Gasteiger partial charge in [-0.2, -0.15) is 4.98 Å². The fourth-order valence-electron chi connectivity index (χ4n) is 1.92. The van der Waals surface area contributed by atoms with Crippen LogP contribution in [0.2, 0.25) is 0 Å². The third kappa shape index (κ3) is 2.73. The minimum Gasteiger partial charge on any atom is -0.477 e. The van der Waals surface area contributed by atoms with Crippen molar-refractivity contribution in [3.05, 3.63) is 49.3 Å². The van der Waals surface area contributed by atoms with Gasteiger partial charge < -0.3 is 5.11 Å². The Bertz CT molecular complexity index is 700. The van der Waals surface area contributed by atoms with Gasteiger partial charge in [-0.3, -0.25) is 4.57 Å². The maximum Gasteiger partial charge on any atom is 0.348 e. The Morgan fingerprint density at radius 2 is 2.05 bits per heavy atom. The first-order valence-corrected chi connectivity index (χ1v) is 6.58. The van der Waals surface area contributed by atoms with Crippen LogP contribution in [0.25, 0.3) is 0 Å². The molecule has 1 N–H and O–H groups in total. The maximum absolute atomic E-state index is 11.9. The fourth-order valence-corrected chi connectivity index (χ4v) is 2.79. The standard InChI is InChI=1S/C13H14N2O3S/c1-7-4-8(2)15(13(18)14-7)6-10-5-11(12(16)17)19-9(10)3/h4-5H,6H2,1-3H3,(H,16,17). The summed E-state index contributed by atoms with van der Waals surface area (Å²) >= 11 is 1.22. The van der Waals surface area contributed by atoms with Crippen LogP contribution in [0.3, 0.4) is 0 Å². The zero-order chi connectivity index (χ0) is 14.2. The van der Waals surface area contributed by atoms with E-state index in [-0.39, 0.29) is 5.69 Å². The highest BCUT2D eigenvalue weighted by molar-refractivity contribution is 7.14. The highest BCUT2D eigenvalue weighted by Crippen LogP contribution is 2.22. The van der Waals surface area contributed by atoms with Crippen LogP contribution in [0.5, 0.6) is 0 Å². The van der Waals surface area contributed by atoms with Crippen molar-refractivity contribution >= 4 is 17.3 Å². The first-order valence-electron chi connectivity index (χ1n) is 5.76. The predicted octanol–water partition coefficient (Wildman–Crippen LogP) is 1.98. The van der Waals surface area contributed by atoms with Gasteiger partial charge in [-0.1, -0.05) is 0 Å². The van der Waals surface area contributed by atoms with Gasteiger partial charge in [0.2, 0.25) is 0 Å². The minimum atomic E-state index is -0.939. The van der Waals surface area contributed by atoms with Crippen molar-refractivity contribution in [2.75, 3.05) is 0 Å². The molecule has 2 rings (SSSR count). The molecule has 0 aliphatic rings. The van der Waals surface area contributed by atoms with Gasteiger partial charge in [0, 0.05) is 16.3 Å². The molecule has 0 spiro atoms. The van der Waals surface area contributed by atoms with Crippen LogP contribution in [0.15, 0.2) is 16.9 Å². The van der Waals surface area contributed by atoms with Crippen molar-refractivity contribution in [3.8, 4) is 0 Å². The molecule has 0 saturated heterocycles. The number of aromatic carboxylic acids is 1. The van der Waals surface area contributed by atoms with Gasteiger partial charge in [-0.05, 0) is 38.5 Å². The molecule has 2 heterocycles. The van der Waals surface area contributed by atoms with Crippen molar-refractivity contribution in [2.24, 2.45) is 0 Å². The average molecular weight is 278 g/mol. The number of aromatic nitrogens is 2. The van der Waals surface area contributed by atoms with E-state index in [1.165, 1.54) is 11.3 Å². The summed E-state index contributed by atoms with van der Waals surface area (Å²) in [6, 6.07) is 3.45. The molecule has 0 amide bonds. The molecule has 0 radical (unpaired) electrons. The molecule has 5 nitrogen and oxygen atoms in total. The van der Waals surface area contributed by atoms with Crippen LogP contribution >= 0.6 is 11.3 Å². The zero-order valence-corrected chi connectivity index (χ0v) is 11.7. The molecular weight excluding hydrogens is 264 g/mol. The largest absolute Gasteiger partial charge is 0.477 e. The molecule has 0 aromatic carbocycles. The Morgan fingerprint density at radius 1 is 1.37 bits per heavy atom. The van der Waals surface area contributed by atoms with Crippen LogP contribution < -0.4 is 5.69 Å². The van der Waals surface area contributed by atoms with Crippen LogP contribution in [-0.2, 0) is 6.54 Å². The zero-order valence-electron chi connectivity index (χ0n) is 10.9. The average Bonchev–Trinajstić information content (AvgIpc) is 2.65. The summed E-state index contributed by atoms with van der Waals surface area (Å²) < 4.78 is 1.55. The monoisotopic (exact) mass is 278 g/mol. The number of thiophene rings is 1. The van der Waals surface area contributed by atoms with E-state index in [0.717, 1.165) is 16.1 Å². The van der Waals surface area contributed by atoms with Crippen molar-refractivity contribution in [1.82, 2.24) is 9.55 Å². The van der Waals surface area contributed by atoms with Gasteiger partial charge in [0.15, 0.2) is 0 Å². The van der Waals surface area contributed by atoms with E-state index in [1.807, 2.05) is 19.9 Å². The lowest BCUT2D eigenvalue weighted by atomic mass is 10.2. The minimum absolute atomic E-state index is 0.290. The highest BCUT2D eigenvalue weighted by Gasteiger charge is 2.13. The first-order chi connectivity index (χ1) is 8.88. The molecule has 0 fully saturated rings. The second-order valence-electron chi connectivity index (χ2n) is 4.40. The lowest BCUT2D eigenvalue weighted by molar-refractivity contribution is 0.0702. The summed E-state index contributed by atoms with van der Waals surface area (Å²) in [4.78, 5) is 27.9. The van der Waals surface area contributed by atoms with Crippen LogP contribution in [0.1, 0.15) is 31.5 Å². The summed E-state index contributed by atoms with van der Waals surface area (Å²) in [5.41, 5.74) is 2.05. The summed E-state index contributed by atoms with van der Waals surface area (Å²) in [6.07, 6.45) is 0. The molecule has 2 aromatic heterocycles. The maximum atomic E-state index is 11.9. The fraction of sp³-hybridized carbons (Fsp3) is 0.308. The van der Waals surface area contributed by atoms with E-state index in [0.29, 0.717) is 17.1 Å². The number of carboxylic acids is 1. The summed E-state index contributed by atoms with van der Waals surface area (Å²) in [5, 5.41) is 8.96. The summed E-state index contributed by atoms with van der Waals surface area (Å²) in [5.74, 6) is -0.939. The normalized spacial score (nSPS) is 10.7. The van der Waals surface area contributed by atoms with Crippen molar-refractivity contribution in [3.63, 3.8) is 0 Å². The van der Waals surface area contributed by atoms with E-state index < -0.39 is 5.97 Å². The second kappa shape index (κ2) is 4.97. The molecule has 2 aromatic rings. The molecule has 19 heavy (non-hydrogen) atoms. The van der Waals surface area contributed by atoms with Gasteiger partial charge in [0.05, 0.1) is 6.54 Å². The van der Waals surface area contributed by atoms with Crippen molar-refractivity contribution in [2.45, 2.75) is 27.3 Å². The van der Waals surface area contributed by atoms with E-state index >= 15 is 0 Å². The molecule has 0 saturated carbocycles. The quantitative estimate of drug-likeness (QED) is 0.931. The van der Waals surface area contributed by atoms with Gasteiger partial charge in [0.1, 0.15) is 4.88 Å². The number of carbonyl (C=O) groups is 1. The highest BCUT2D eigenvalue weighted by atomic mass is 32.1. The van der Waals surface area contributed by atoms with Crippen LogP contribution in [0, 0.1) is 20.8 Å². The Hall–Kier alpha value is -1.95. The first kappa shape index (κ1) is 13.5. The SMILES string of the molecule is Cc1cc(C)n(Cc2cc(C(=O)O)sc2C)c(=O)n1. The number of carboxylic acid groups (broad SMARTS) is 1. The molecule has 6 heteroatoms. The number of nitrogens with zero attached hydrogens (tertiary/aromatic N) is 2. The van der Waals surface area contributed by atoms with E-state index in [1.54, 1.807) is 17.6 Å². The van der Waals surface area contributed by atoms with Crippen LogP contribution in [0.4, 0.5) is 0 Å². The van der Waals surface area contributed by atoms with Gasteiger partial charge in [-0.25, -0.2) is 9.59 Å². The van der Waals surface area contributed by atoms with E-state index in [2.05, 4.69) is 4.98 Å². The van der Waals surface area contributed by atoms with E-state index in [9.17, 15) is 9.59 Å². The molecule has 0 aliphatic carbocycles. The number of hydrogen-bond acceptors (Lipinski definition) is 4. The molecule has 0 aliphatic heterocycles. The lowest BCUT2D eigenvalue weighted by Crippen LogP contribution is -2.26. The molecular formula is C13H14N2O3S. The van der Waals surface area contributed by atoms with Crippen LogP contribution in [-0.4, -0.2) is 20.6 Å². The van der Waals surface area contributed by atoms with Gasteiger partial charge in [0.25, 0.3) is 0 Å². The number of hydrogen-bond donors (Lipinski definition) is 1. The number of aryl methyl sites for hydroxylation is 3. The Morgan fingerprint density at radius 3 is 2.58 bits per heavy atom. The van der Waals surface area contributed by atoms with Crippen molar-refractivity contribution < 1.29 is 9.90 Å². The molecule has 0 atom stereocenters. The summed E-state index contributed by atoms with van der Waals surface area (Å²) in [7, 11) is 0. The Labute approximate surface area is 114 Å². The van der Waals surface area contributed by atoms with Gasteiger partial charge in [-0.15, -0.1) is 11.3 Å². The molecule has 100 valence electrons. The molecule has 0 unspecified atom stereocenters. The third-order valence-electron chi connectivity index (χ3n) is 2.91. The predicted molar refractivity (Wildman–Crippen MR) is 73.1 cm³/mol.